The Hall–Kier alpha value is -1.85. The SMILES string of the molecule is C[Si](C)(c1ccccc1)c1ccn([Si](C)(C)c2ccccc2)c1. The first-order valence-electron chi connectivity index (χ1n) is 8.22. The minimum Gasteiger partial charge on any atom is -0.376 e. The Morgan fingerprint density at radius 2 is 1.13 bits per heavy atom. The molecule has 0 fully saturated rings. The third-order valence-electron chi connectivity index (χ3n) is 5.04. The van der Waals surface area contributed by atoms with Gasteiger partial charge >= 0.3 is 0 Å². The van der Waals surface area contributed by atoms with Crippen LogP contribution in [-0.2, 0) is 0 Å². The number of nitrogens with zero attached hydrogens (tertiary/aromatic N) is 1. The van der Waals surface area contributed by atoms with E-state index in [2.05, 4.69) is 110 Å². The lowest BCUT2D eigenvalue weighted by molar-refractivity contribution is 1.17. The van der Waals surface area contributed by atoms with E-state index in [1.165, 1.54) is 15.6 Å². The fraction of sp³-hybridized carbons (Fsp3) is 0.200. The quantitative estimate of drug-likeness (QED) is 0.645. The van der Waals surface area contributed by atoms with Gasteiger partial charge in [0.05, 0.1) is 0 Å². The summed E-state index contributed by atoms with van der Waals surface area (Å²) in [7, 11) is -3.29. The van der Waals surface area contributed by atoms with Gasteiger partial charge in [-0.2, -0.15) is 0 Å². The lowest BCUT2D eigenvalue weighted by Gasteiger charge is -2.26. The molecule has 118 valence electrons. The molecular weight excluding hydrogens is 310 g/mol. The van der Waals surface area contributed by atoms with Crippen molar-refractivity contribution in [1.82, 2.24) is 4.23 Å². The smallest absolute Gasteiger partial charge is 0.186 e. The number of aromatic nitrogens is 1. The third-order valence-corrected chi connectivity index (χ3v) is 11.9. The minimum atomic E-state index is -1.68. The summed E-state index contributed by atoms with van der Waals surface area (Å²) < 4.78 is 2.50. The van der Waals surface area contributed by atoms with E-state index < -0.39 is 16.3 Å². The van der Waals surface area contributed by atoms with Crippen LogP contribution in [0.4, 0.5) is 0 Å². The second-order valence-corrected chi connectivity index (χ2v) is 15.8. The van der Waals surface area contributed by atoms with E-state index in [0.717, 1.165) is 0 Å². The molecule has 0 amide bonds. The molecule has 0 saturated carbocycles. The maximum Gasteiger partial charge on any atom is 0.186 e. The van der Waals surface area contributed by atoms with Gasteiger partial charge < -0.3 is 4.23 Å². The highest BCUT2D eigenvalue weighted by Crippen LogP contribution is 2.11. The van der Waals surface area contributed by atoms with E-state index in [1.807, 2.05) is 0 Å². The summed E-state index contributed by atoms with van der Waals surface area (Å²) in [6.45, 7) is 9.73. The van der Waals surface area contributed by atoms with Crippen LogP contribution in [-0.4, -0.2) is 20.5 Å². The summed E-state index contributed by atoms with van der Waals surface area (Å²) in [5.41, 5.74) is 0. The molecule has 3 aromatic rings. The average molecular weight is 336 g/mol. The van der Waals surface area contributed by atoms with Crippen molar-refractivity contribution in [1.29, 1.82) is 0 Å². The van der Waals surface area contributed by atoms with Gasteiger partial charge in [-0.15, -0.1) is 0 Å². The molecule has 0 aliphatic heterocycles. The van der Waals surface area contributed by atoms with Gasteiger partial charge in [-0.1, -0.05) is 78.9 Å². The molecule has 23 heavy (non-hydrogen) atoms. The predicted molar refractivity (Wildman–Crippen MR) is 107 cm³/mol. The van der Waals surface area contributed by atoms with Crippen molar-refractivity contribution in [2.75, 3.05) is 0 Å². The Balaban J connectivity index is 1.98. The fourth-order valence-electron chi connectivity index (χ4n) is 3.13. The van der Waals surface area contributed by atoms with Crippen molar-refractivity contribution in [2.24, 2.45) is 0 Å². The summed E-state index contributed by atoms with van der Waals surface area (Å²) in [6, 6.07) is 24.3. The highest BCUT2D eigenvalue weighted by molar-refractivity contribution is 7.00. The van der Waals surface area contributed by atoms with Crippen LogP contribution in [0.3, 0.4) is 0 Å². The van der Waals surface area contributed by atoms with Crippen molar-refractivity contribution < 1.29 is 0 Å². The van der Waals surface area contributed by atoms with Crippen LogP contribution >= 0.6 is 0 Å². The van der Waals surface area contributed by atoms with Crippen LogP contribution in [0.15, 0.2) is 79.1 Å². The minimum absolute atomic E-state index is 1.47. The Labute approximate surface area is 141 Å². The standard InChI is InChI=1S/C20H25NSi2/c1-22(2,18-11-7-5-8-12-18)20-15-16-21(17-20)23(3,4)19-13-9-6-10-14-19/h5-17H,1-4H3. The van der Waals surface area contributed by atoms with Crippen molar-refractivity contribution >= 4 is 31.9 Å². The summed E-state index contributed by atoms with van der Waals surface area (Å²) in [5, 5.41) is 4.48. The largest absolute Gasteiger partial charge is 0.376 e. The van der Waals surface area contributed by atoms with Crippen molar-refractivity contribution in [3.05, 3.63) is 79.1 Å². The molecular formula is C20H25NSi2. The third kappa shape index (κ3) is 2.99. The Kier molecular flexibility index (Phi) is 4.17. The Morgan fingerprint density at radius 1 is 0.609 bits per heavy atom. The molecule has 0 bridgehead atoms. The first-order chi connectivity index (χ1) is 10.9. The molecule has 0 spiro atoms. The normalized spacial score (nSPS) is 12.3. The van der Waals surface area contributed by atoms with Crippen LogP contribution in [0, 0.1) is 0 Å². The van der Waals surface area contributed by atoms with Crippen LogP contribution in [0.25, 0.3) is 0 Å². The number of rotatable bonds is 4. The second-order valence-electron chi connectivity index (χ2n) is 7.22. The summed E-state index contributed by atoms with van der Waals surface area (Å²) in [5.74, 6) is 0. The van der Waals surface area contributed by atoms with Crippen LogP contribution < -0.4 is 15.6 Å². The second kappa shape index (κ2) is 5.98. The molecule has 0 unspecified atom stereocenters. The number of hydrogen-bond donors (Lipinski definition) is 0. The van der Waals surface area contributed by atoms with Crippen molar-refractivity contribution in [3.63, 3.8) is 0 Å². The number of benzene rings is 2. The van der Waals surface area contributed by atoms with Gasteiger partial charge in [0.15, 0.2) is 8.24 Å². The summed E-state index contributed by atoms with van der Waals surface area (Å²) in [4.78, 5) is 0. The van der Waals surface area contributed by atoms with E-state index in [-0.39, 0.29) is 0 Å². The van der Waals surface area contributed by atoms with Crippen molar-refractivity contribution in [3.8, 4) is 0 Å². The highest BCUT2D eigenvalue weighted by Gasteiger charge is 2.30. The van der Waals surface area contributed by atoms with E-state index in [4.69, 9.17) is 0 Å². The van der Waals surface area contributed by atoms with Crippen molar-refractivity contribution in [2.45, 2.75) is 26.2 Å². The molecule has 1 aromatic heterocycles. The zero-order valence-electron chi connectivity index (χ0n) is 14.5. The van der Waals surface area contributed by atoms with Gasteiger partial charge in [-0.3, -0.25) is 0 Å². The first-order valence-corrected chi connectivity index (χ1v) is 14.2. The molecule has 3 rings (SSSR count). The molecule has 0 N–H and O–H groups in total. The van der Waals surface area contributed by atoms with Crippen LogP contribution in [0.1, 0.15) is 0 Å². The number of hydrogen-bond acceptors (Lipinski definition) is 0. The fourth-order valence-corrected chi connectivity index (χ4v) is 7.79. The van der Waals surface area contributed by atoms with Gasteiger partial charge in [0.1, 0.15) is 8.07 Å². The van der Waals surface area contributed by atoms with Crippen LogP contribution in [0.2, 0.25) is 26.2 Å². The van der Waals surface area contributed by atoms with Crippen LogP contribution in [0.5, 0.6) is 0 Å². The maximum atomic E-state index is 2.50. The predicted octanol–water partition coefficient (Wildman–Crippen LogP) is 3.27. The lowest BCUT2D eigenvalue weighted by Crippen LogP contribution is -2.53. The molecule has 3 heteroatoms. The molecule has 0 atom stereocenters. The first kappa shape index (κ1) is 16.0. The van der Waals surface area contributed by atoms with E-state index in [9.17, 15) is 0 Å². The summed E-state index contributed by atoms with van der Waals surface area (Å²) >= 11 is 0. The molecule has 2 aromatic carbocycles. The molecule has 0 aliphatic rings. The lowest BCUT2D eigenvalue weighted by atomic mass is 10.4. The van der Waals surface area contributed by atoms with Gasteiger partial charge in [-0.25, -0.2) is 0 Å². The maximum absolute atomic E-state index is 2.50. The Morgan fingerprint density at radius 3 is 1.70 bits per heavy atom. The molecule has 0 radical (unpaired) electrons. The van der Waals surface area contributed by atoms with E-state index in [1.54, 1.807) is 0 Å². The zero-order chi connectivity index (χ0) is 16.5. The average Bonchev–Trinajstić information content (AvgIpc) is 3.08. The summed E-state index contributed by atoms with van der Waals surface area (Å²) in [6.07, 6.45) is 4.71. The van der Waals surface area contributed by atoms with Gasteiger partial charge in [0, 0.05) is 0 Å². The van der Waals surface area contributed by atoms with Gasteiger partial charge in [0.25, 0.3) is 0 Å². The van der Waals surface area contributed by atoms with E-state index in [0.29, 0.717) is 0 Å². The molecule has 0 saturated heterocycles. The molecule has 1 nitrogen and oxygen atoms in total. The molecule has 0 aliphatic carbocycles. The zero-order valence-corrected chi connectivity index (χ0v) is 16.5. The Bertz CT molecular complexity index is 708. The monoisotopic (exact) mass is 335 g/mol. The highest BCUT2D eigenvalue weighted by atomic mass is 28.3. The van der Waals surface area contributed by atoms with E-state index >= 15 is 0 Å². The topological polar surface area (TPSA) is 4.93 Å². The van der Waals surface area contributed by atoms with Gasteiger partial charge in [0.2, 0.25) is 0 Å². The van der Waals surface area contributed by atoms with Gasteiger partial charge in [-0.05, 0) is 41.9 Å². The molecule has 1 heterocycles.